The monoisotopic (exact) mass is 603 g/mol. The van der Waals surface area contributed by atoms with Crippen molar-refractivity contribution in [2.45, 2.75) is 75.0 Å². The summed E-state index contributed by atoms with van der Waals surface area (Å²) in [6, 6.07) is 13.5. The zero-order chi connectivity index (χ0) is 31.0. The molecule has 3 N–H and O–H groups in total. The summed E-state index contributed by atoms with van der Waals surface area (Å²) in [7, 11) is 3.03. The molecule has 8 nitrogen and oxygen atoms in total. The molecule has 1 aliphatic carbocycles. The van der Waals surface area contributed by atoms with E-state index >= 15 is 0 Å². The van der Waals surface area contributed by atoms with Crippen molar-refractivity contribution in [2.24, 2.45) is 0 Å². The smallest absolute Gasteiger partial charge is 0.389 e. The van der Waals surface area contributed by atoms with Crippen LogP contribution in [0.5, 0.6) is 5.75 Å². The Bertz CT molecular complexity index is 1260. The summed E-state index contributed by atoms with van der Waals surface area (Å²) >= 11 is 0. The Hall–Kier alpha value is -3.41. The number of likely N-dealkylation sites (N-methyl/N-ethyl adjacent to an activating group) is 1. The number of fused-ring (bicyclic) bond motifs is 5. The van der Waals surface area contributed by atoms with E-state index in [0.717, 1.165) is 22.4 Å². The van der Waals surface area contributed by atoms with Gasteiger partial charge in [-0.05, 0) is 54.5 Å². The summed E-state index contributed by atoms with van der Waals surface area (Å²) in [5.41, 5.74) is 2.97. The number of halogens is 3. The molecule has 4 rings (SSSR count). The van der Waals surface area contributed by atoms with Gasteiger partial charge in [0.15, 0.2) is 0 Å². The summed E-state index contributed by atoms with van der Waals surface area (Å²) in [4.78, 5) is 27.7. The van der Waals surface area contributed by atoms with E-state index in [1.807, 2.05) is 48.5 Å². The predicted molar refractivity (Wildman–Crippen MR) is 155 cm³/mol. The standard InChI is InChI=1S/C32H40F3N3O5/c1-38(30(40)12-8-15-32(33,34)35)27-11-6-7-16-43-29-19-25(24-18-22(42-2)13-14-23(24)29)36-20-28(39)26(37-31(27)41)17-21-9-4-3-5-10-21/h3-7,9-10,13-14,18,25-29,36,39H,8,11-12,15-17,19-20H2,1-2H3,(H,37,41)/t25-,26-,27-,28+,29+/m0/s1. The molecule has 234 valence electrons. The average Bonchev–Trinajstić information content (AvgIpc) is 3.32. The SMILES string of the molecule is COc1ccc2c(c1)[C@@H]1C[C@H]2OCC=CC[C@H](N(C)C(=O)CCCC(F)(F)F)C(=O)N[C@@H](Cc2ccccc2)[C@H](O)CN1. The molecule has 2 aliphatic rings. The van der Waals surface area contributed by atoms with Gasteiger partial charge in [-0.25, -0.2) is 0 Å². The minimum absolute atomic E-state index is 0.111. The largest absolute Gasteiger partial charge is 0.497 e. The first-order valence-corrected chi connectivity index (χ1v) is 14.6. The Morgan fingerprint density at radius 1 is 1.14 bits per heavy atom. The Labute approximate surface area is 250 Å². The molecular weight excluding hydrogens is 563 g/mol. The Morgan fingerprint density at radius 3 is 2.63 bits per heavy atom. The van der Waals surface area contributed by atoms with Crippen LogP contribution in [-0.4, -0.2) is 73.5 Å². The highest BCUT2D eigenvalue weighted by molar-refractivity contribution is 5.88. The van der Waals surface area contributed by atoms with Gasteiger partial charge in [-0.2, -0.15) is 13.2 Å². The minimum atomic E-state index is -4.36. The number of β-amino-alcohol motifs (C(OH)–C–C–N with tert-alkyl or cyclic N) is 1. The van der Waals surface area contributed by atoms with Crippen LogP contribution in [0.15, 0.2) is 60.7 Å². The molecule has 1 aliphatic heterocycles. The third kappa shape index (κ3) is 9.04. The summed E-state index contributed by atoms with van der Waals surface area (Å²) in [5.74, 6) is -0.333. The van der Waals surface area contributed by atoms with Crippen molar-refractivity contribution in [2.75, 3.05) is 27.3 Å². The maximum absolute atomic E-state index is 13.6. The second-order valence-corrected chi connectivity index (χ2v) is 11.1. The Morgan fingerprint density at radius 2 is 1.91 bits per heavy atom. The van der Waals surface area contributed by atoms with Crippen molar-refractivity contribution in [1.82, 2.24) is 15.5 Å². The van der Waals surface area contributed by atoms with Crippen molar-refractivity contribution >= 4 is 11.8 Å². The van der Waals surface area contributed by atoms with Gasteiger partial charge in [0.25, 0.3) is 0 Å². The van der Waals surface area contributed by atoms with E-state index in [4.69, 9.17) is 9.47 Å². The highest BCUT2D eigenvalue weighted by atomic mass is 19.4. The van der Waals surface area contributed by atoms with Crippen LogP contribution < -0.4 is 15.4 Å². The van der Waals surface area contributed by atoms with Gasteiger partial charge in [-0.1, -0.05) is 48.6 Å². The van der Waals surface area contributed by atoms with Gasteiger partial charge in [0.2, 0.25) is 11.8 Å². The first-order valence-electron chi connectivity index (χ1n) is 14.6. The maximum atomic E-state index is 13.6. The third-order valence-electron chi connectivity index (χ3n) is 8.06. The molecule has 2 amide bonds. The molecule has 2 bridgehead atoms. The van der Waals surface area contributed by atoms with Crippen molar-refractivity contribution in [3.63, 3.8) is 0 Å². The number of aliphatic hydroxyl groups is 1. The number of amides is 2. The molecule has 0 fully saturated rings. The molecule has 0 radical (unpaired) electrons. The average molecular weight is 604 g/mol. The number of nitrogens with zero attached hydrogens (tertiary/aromatic N) is 1. The Balaban J connectivity index is 1.58. The zero-order valence-electron chi connectivity index (χ0n) is 24.5. The summed E-state index contributed by atoms with van der Waals surface area (Å²) in [5, 5.41) is 17.8. The van der Waals surface area contributed by atoms with E-state index < -0.39 is 42.6 Å². The molecule has 43 heavy (non-hydrogen) atoms. The fourth-order valence-corrected chi connectivity index (χ4v) is 5.63. The number of hydrogen-bond donors (Lipinski definition) is 3. The summed E-state index contributed by atoms with van der Waals surface area (Å²) in [6.07, 6.45) is -2.68. The molecule has 0 aromatic heterocycles. The third-order valence-corrected chi connectivity index (χ3v) is 8.06. The first-order chi connectivity index (χ1) is 20.6. The number of rotatable bonds is 7. The molecule has 0 saturated heterocycles. The van der Waals surface area contributed by atoms with Crippen molar-refractivity contribution < 1.29 is 37.3 Å². The van der Waals surface area contributed by atoms with E-state index in [1.54, 1.807) is 19.3 Å². The first kappa shape index (κ1) is 32.5. The van der Waals surface area contributed by atoms with E-state index in [1.165, 1.54) is 11.9 Å². The molecule has 2 aromatic carbocycles. The molecule has 11 heteroatoms. The van der Waals surface area contributed by atoms with Gasteiger partial charge in [-0.15, -0.1) is 0 Å². The molecule has 5 atom stereocenters. The van der Waals surface area contributed by atoms with Crippen LogP contribution >= 0.6 is 0 Å². The number of methoxy groups -OCH3 is 1. The topological polar surface area (TPSA) is 100 Å². The van der Waals surface area contributed by atoms with Gasteiger partial charge >= 0.3 is 6.18 Å². The van der Waals surface area contributed by atoms with Crippen LogP contribution in [0, 0.1) is 0 Å². The van der Waals surface area contributed by atoms with E-state index in [-0.39, 0.29) is 44.6 Å². The lowest BCUT2D eigenvalue weighted by Crippen LogP contribution is -2.55. The lowest BCUT2D eigenvalue weighted by atomic mass is 9.99. The van der Waals surface area contributed by atoms with Crippen LogP contribution in [0.1, 0.15) is 60.9 Å². The minimum Gasteiger partial charge on any atom is -0.497 e. The normalized spacial score (nSPS) is 24.8. The fourth-order valence-electron chi connectivity index (χ4n) is 5.63. The quantitative estimate of drug-likeness (QED) is 0.406. The van der Waals surface area contributed by atoms with Crippen LogP contribution in [0.4, 0.5) is 13.2 Å². The zero-order valence-corrected chi connectivity index (χ0v) is 24.5. The predicted octanol–water partition coefficient (Wildman–Crippen LogP) is 4.40. The number of hydrogen-bond acceptors (Lipinski definition) is 6. The van der Waals surface area contributed by atoms with Gasteiger partial charge in [0.1, 0.15) is 11.8 Å². The number of aliphatic hydroxyl groups excluding tert-OH is 1. The lowest BCUT2D eigenvalue weighted by molar-refractivity contribution is -0.143. The van der Waals surface area contributed by atoms with E-state index in [0.29, 0.717) is 12.8 Å². The summed E-state index contributed by atoms with van der Waals surface area (Å²) < 4.78 is 49.6. The van der Waals surface area contributed by atoms with Gasteiger partial charge in [-0.3, -0.25) is 9.59 Å². The highest BCUT2D eigenvalue weighted by Gasteiger charge is 2.35. The van der Waals surface area contributed by atoms with Crippen LogP contribution in [0.2, 0.25) is 0 Å². The van der Waals surface area contributed by atoms with E-state index in [9.17, 15) is 27.9 Å². The fraction of sp³-hybridized carbons (Fsp3) is 0.500. The van der Waals surface area contributed by atoms with Gasteiger partial charge < -0.3 is 30.1 Å². The molecule has 2 aromatic rings. The molecule has 1 heterocycles. The highest BCUT2D eigenvalue weighted by Crippen LogP contribution is 2.42. The second kappa shape index (κ2) is 14.9. The molecule has 0 saturated carbocycles. The van der Waals surface area contributed by atoms with Gasteiger partial charge in [0, 0.05) is 32.5 Å². The summed E-state index contributed by atoms with van der Waals surface area (Å²) in [6.45, 7) is 0.431. The van der Waals surface area contributed by atoms with Crippen molar-refractivity contribution in [3.05, 3.63) is 77.4 Å². The maximum Gasteiger partial charge on any atom is 0.389 e. The number of alkyl halides is 3. The molecular formula is C32H40F3N3O5. The molecule has 0 spiro atoms. The number of carbonyl (C=O) groups excluding carboxylic acids is 2. The van der Waals surface area contributed by atoms with Crippen molar-refractivity contribution in [1.29, 1.82) is 0 Å². The second-order valence-electron chi connectivity index (χ2n) is 11.1. The number of benzene rings is 2. The lowest BCUT2D eigenvalue weighted by Gasteiger charge is -2.31. The van der Waals surface area contributed by atoms with Crippen LogP contribution in [0.3, 0.4) is 0 Å². The Kier molecular flexibility index (Phi) is 11.2. The molecule has 0 unspecified atom stereocenters. The van der Waals surface area contributed by atoms with E-state index in [2.05, 4.69) is 10.6 Å². The van der Waals surface area contributed by atoms with Crippen LogP contribution in [-0.2, 0) is 20.7 Å². The number of nitrogens with one attached hydrogen (secondary N) is 2. The number of carbonyl (C=O) groups is 2. The van der Waals surface area contributed by atoms with Gasteiger partial charge in [0.05, 0.1) is 32.0 Å². The van der Waals surface area contributed by atoms with Crippen molar-refractivity contribution in [3.8, 4) is 5.75 Å². The number of ether oxygens (including phenoxy) is 2. The van der Waals surface area contributed by atoms with Crippen LogP contribution in [0.25, 0.3) is 0 Å².